The van der Waals surface area contributed by atoms with Gasteiger partial charge < -0.3 is 0 Å². The molecular formula is C19H19F9O. The zero-order valence-corrected chi connectivity index (χ0v) is 15.3. The number of hydrogen-bond acceptors (Lipinski definition) is 1. The lowest BCUT2D eigenvalue weighted by atomic mass is 9.68. The highest BCUT2D eigenvalue weighted by molar-refractivity contribution is 6.01. The second-order valence-corrected chi connectivity index (χ2v) is 7.23. The molecule has 29 heavy (non-hydrogen) atoms. The van der Waals surface area contributed by atoms with E-state index in [0.29, 0.717) is 12.8 Å². The van der Waals surface area contributed by atoms with Gasteiger partial charge in [0.15, 0.2) is 5.78 Å². The molecule has 0 radical (unpaired) electrons. The Labute approximate surface area is 161 Å². The van der Waals surface area contributed by atoms with E-state index in [4.69, 9.17) is 0 Å². The van der Waals surface area contributed by atoms with Crippen molar-refractivity contribution < 1.29 is 44.3 Å². The van der Waals surface area contributed by atoms with Crippen molar-refractivity contribution in [3.63, 3.8) is 0 Å². The van der Waals surface area contributed by atoms with Crippen LogP contribution in [0.1, 0.15) is 48.5 Å². The third-order valence-corrected chi connectivity index (χ3v) is 5.26. The number of carbonyl (C=O) groups excluding carboxylic acids is 1. The second-order valence-electron chi connectivity index (χ2n) is 7.23. The maximum atomic E-state index is 14.7. The Balaban J connectivity index is 2.54. The van der Waals surface area contributed by atoms with Crippen LogP contribution in [0.25, 0.3) is 0 Å². The Hall–Kier alpha value is -1.74. The minimum absolute atomic E-state index is 0.179. The van der Waals surface area contributed by atoms with Crippen LogP contribution in [0.5, 0.6) is 0 Å². The van der Waals surface area contributed by atoms with Crippen LogP contribution in [0, 0.1) is 11.8 Å². The summed E-state index contributed by atoms with van der Waals surface area (Å²) in [7, 11) is 0. The molecule has 1 nitrogen and oxygen atoms in total. The third kappa shape index (κ3) is 3.86. The number of Topliss-reactive ketones (excluding diaryl/α,β-unsaturated/α-hetero) is 1. The van der Waals surface area contributed by atoms with Crippen molar-refractivity contribution in [1.29, 1.82) is 0 Å². The Morgan fingerprint density at radius 1 is 0.897 bits per heavy atom. The number of fused-ring (bicyclic) bond motifs is 1. The van der Waals surface area contributed by atoms with Gasteiger partial charge in [-0.3, -0.25) is 4.79 Å². The van der Waals surface area contributed by atoms with Crippen molar-refractivity contribution in [3.05, 3.63) is 35.4 Å². The van der Waals surface area contributed by atoms with Gasteiger partial charge in [0.2, 0.25) is 0 Å². The summed E-state index contributed by atoms with van der Waals surface area (Å²) < 4.78 is 121. The molecule has 10 heteroatoms. The van der Waals surface area contributed by atoms with Gasteiger partial charge in [0.1, 0.15) is 0 Å². The Morgan fingerprint density at radius 2 is 1.48 bits per heavy atom. The molecule has 0 fully saturated rings. The van der Waals surface area contributed by atoms with Crippen LogP contribution in [0.2, 0.25) is 0 Å². The number of benzene rings is 1. The Bertz CT molecular complexity index is 739. The lowest BCUT2D eigenvalue weighted by Crippen LogP contribution is -2.65. The van der Waals surface area contributed by atoms with Crippen molar-refractivity contribution in [3.8, 4) is 0 Å². The summed E-state index contributed by atoms with van der Waals surface area (Å²) >= 11 is 0. The van der Waals surface area contributed by atoms with Crippen LogP contribution in [0.4, 0.5) is 39.5 Å². The molecule has 0 N–H and O–H groups in total. The fourth-order valence-corrected chi connectivity index (χ4v) is 3.69. The third-order valence-electron chi connectivity index (χ3n) is 5.26. The monoisotopic (exact) mass is 434 g/mol. The highest BCUT2D eigenvalue weighted by Crippen LogP contribution is 2.58. The van der Waals surface area contributed by atoms with Gasteiger partial charge in [0.25, 0.3) is 0 Å². The zero-order chi connectivity index (χ0) is 22.3. The predicted octanol–water partition coefficient (Wildman–Crippen LogP) is 6.71. The van der Waals surface area contributed by atoms with Gasteiger partial charge in [-0.2, -0.15) is 39.5 Å². The molecule has 1 aromatic carbocycles. The van der Waals surface area contributed by atoms with E-state index >= 15 is 0 Å². The van der Waals surface area contributed by atoms with Crippen molar-refractivity contribution in [2.75, 3.05) is 0 Å². The quantitative estimate of drug-likeness (QED) is 0.345. The summed E-state index contributed by atoms with van der Waals surface area (Å²) in [5.74, 6) is -25.7. The molecule has 0 heterocycles. The van der Waals surface area contributed by atoms with E-state index in [9.17, 15) is 44.3 Å². The average molecular weight is 434 g/mol. The number of halogens is 9. The van der Waals surface area contributed by atoms with Crippen LogP contribution in [0.15, 0.2) is 24.3 Å². The number of carbonyl (C=O) groups is 1. The molecular weight excluding hydrogens is 415 g/mol. The van der Waals surface area contributed by atoms with Crippen molar-refractivity contribution >= 4 is 5.78 Å². The average Bonchev–Trinajstić information content (AvgIpc) is 2.60. The fraction of sp³-hybridized carbons (Fsp3) is 0.632. The topological polar surface area (TPSA) is 17.1 Å². The van der Waals surface area contributed by atoms with E-state index in [0.717, 1.165) is 6.07 Å². The minimum Gasteiger partial charge on any atom is -0.294 e. The molecule has 1 aliphatic carbocycles. The molecule has 0 spiro atoms. The first-order valence-electron chi connectivity index (χ1n) is 9.02. The van der Waals surface area contributed by atoms with E-state index in [-0.39, 0.29) is 30.4 Å². The van der Waals surface area contributed by atoms with Gasteiger partial charge in [0, 0.05) is 5.56 Å². The number of hydrogen-bond donors (Lipinski definition) is 0. The van der Waals surface area contributed by atoms with Gasteiger partial charge in [-0.05, 0) is 24.3 Å². The van der Waals surface area contributed by atoms with Crippen LogP contribution in [-0.4, -0.2) is 29.7 Å². The summed E-state index contributed by atoms with van der Waals surface area (Å²) in [5.41, 5.74) is -0.0908. The summed E-state index contributed by atoms with van der Waals surface area (Å²) in [6.07, 6.45) is -6.01. The molecule has 1 aromatic rings. The molecule has 164 valence electrons. The molecule has 0 saturated heterocycles. The molecule has 0 bridgehead atoms. The second kappa shape index (κ2) is 7.83. The van der Waals surface area contributed by atoms with Gasteiger partial charge in [-0.1, -0.05) is 50.5 Å². The smallest absolute Gasteiger partial charge is 0.294 e. The number of alkyl halides is 9. The minimum atomic E-state index is -7.01. The van der Waals surface area contributed by atoms with Crippen LogP contribution in [0.3, 0.4) is 0 Å². The molecule has 2 unspecified atom stereocenters. The van der Waals surface area contributed by atoms with Gasteiger partial charge in [0.05, 0.1) is 5.92 Å². The van der Waals surface area contributed by atoms with E-state index in [2.05, 4.69) is 0 Å². The SMILES string of the molecule is CCCCCC1Cc2ccccc2C(=O)C1C(F)(F)C(F)(F)C(F)(F)C(F)(F)F. The summed E-state index contributed by atoms with van der Waals surface area (Å²) in [5, 5.41) is 0. The molecule has 0 saturated carbocycles. The van der Waals surface area contributed by atoms with Gasteiger partial charge in [-0.15, -0.1) is 0 Å². The molecule has 2 atom stereocenters. The van der Waals surface area contributed by atoms with Crippen molar-refractivity contribution in [2.24, 2.45) is 11.8 Å². The standard InChI is InChI=1S/C19H19F9O/c1-2-3-4-8-12-10-11-7-5-6-9-13(11)15(29)14(12)16(20,21)17(22,23)18(24,25)19(26,27)28/h5-7,9,12,14H,2-4,8,10H2,1H3. The normalized spacial score (nSPS) is 21.2. The number of ketones is 1. The van der Waals surface area contributed by atoms with Crippen molar-refractivity contribution in [1.82, 2.24) is 0 Å². The van der Waals surface area contributed by atoms with Crippen LogP contribution in [-0.2, 0) is 6.42 Å². The first-order valence-corrected chi connectivity index (χ1v) is 9.02. The first-order chi connectivity index (χ1) is 13.2. The fourth-order valence-electron chi connectivity index (χ4n) is 3.69. The molecule has 0 amide bonds. The molecule has 0 aromatic heterocycles. The lowest BCUT2D eigenvalue weighted by Gasteiger charge is -2.42. The van der Waals surface area contributed by atoms with E-state index in [1.54, 1.807) is 6.92 Å². The predicted molar refractivity (Wildman–Crippen MR) is 86.5 cm³/mol. The summed E-state index contributed by atoms with van der Waals surface area (Å²) in [4.78, 5) is 12.6. The van der Waals surface area contributed by atoms with Crippen LogP contribution < -0.4 is 0 Å². The first kappa shape index (κ1) is 23.5. The number of unbranched alkanes of at least 4 members (excludes halogenated alkanes) is 2. The van der Waals surface area contributed by atoms with E-state index in [1.807, 2.05) is 0 Å². The highest BCUT2D eigenvalue weighted by Gasteiger charge is 2.83. The zero-order valence-electron chi connectivity index (χ0n) is 15.3. The van der Waals surface area contributed by atoms with E-state index < -0.39 is 41.6 Å². The largest absolute Gasteiger partial charge is 0.460 e. The summed E-state index contributed by atoms with van der Waals surface area (Å²) in [6.45, 7) is 1.77. The molecule has 0 aliphatic heterocycles. The van der Waals surface area contributed by atoms with Gasteiger partial charge >= 0.3 is 23.9 Å². The van der Waals surface area contributed by atoms with E-state index in [1.165, 1.54) is 18.2 Å². The van der Waals surface area contributed by atoms with Crippen LogP contribution >= 0.6 is 0 Å². The Morgan fingerprint density at radius 3 is 2.03 bits per heavy atom. The van der Waals surface area contributed by atoms with Gasteiger partial charge in [-0.25, -0.2) is 0 Å². The lowest BCUT2D eigenvalue weighted by molar-refractivity contribution is -0.402. The number of rotatable bonds is 7. The highest BCUT2D eigenvalue weighted by atomic mass is 19.4. The molecule has 1 aliphatic rings. The maximum Gasteiger partial charge on any atom is 0.460 e. The maximum absolute atomic E-state index is 14.7. The summed E-state index contributed by atoms with van der Waals surface area (Å²) in [6, 6.07) is 5.24. The molecule has 2 rings (SSSR count). The van der Waals surface area contributed by atoms with Crippen molar-refractivity contribution in [2.45, 2.75) is 63.0 Å². The Kier molecular flexibility index (Phi) is 6.36.